The summed E-state index contributed by atoms with van der Waals surface area (Å²) in [5.74, 6) is 2.25. The van der Waals surface area contributed by atoms with Crippen molar-refractivity contribution in [3.8, 4) is 5.75 Å². The zero-order valence-electron chi connectivity index (χ0n) is 29.8. The fourth-order valence-corrected chi connectivity index (χ4v) is 6.67. The van der Waals surface area contributed by atoms with Crippen LogP contribution in [0.5, 0.6) is 5.75 Å². The Morgan fingerprint density at radius 2 is 1.75 bits per heavy atom. The minimum atomic E-state index is -2.30. The molecule has 51 heavy (non-hydrogen) atoms. The fraction of sp³-hybridized carbons (Fsp3) is 0.436. The molecule has 0 bridgehead atoms. The predicted molar refractivity (Wildman–Crippen MR) is 195 cm³/mol. The van der Waals surface area contributed by atoms with Gasteiger partial charge >= 0.3 is 6.03 Å². The molecule has 0 saturated carbocycles. The molecule has 4 N–H and O–H groups in total. The van der Waals surface area contributed by atoms with Gasteiger partial charge in [0.1, 0.15) is 23.5 Å². The summed E-state index contributed by atoms with van der Waals surface area (Å²) < 4.78 is 34.2. The number of ether oxygens (including phenoxy) is 1. The lowest BCUT2D eigenvalue weighted by atomic mass is 9.85. The number of aliphatic imine (C=N–C) groups is 1. The minimum absolute atomic E-state index is 0.162. The molecule has 12 heteroatoms. The third kappa shape index (κ3) is 9.29. The van der Waals surface area contributed by atoms with Crippen molar-refractivity contribution in [2.75, 3.05) is 19.6 Å². The zero-order chi connectivity index (χ0) is 36.1. The summed E-state index contributed by atoms with van der Waals surface area (Å²) in [6, 6.07) is 19.0. The molecule has 6 rings (SSSR count). The molecule has 1 aliphatic carbocycles. The Balaban J connectivity index is 1.13. The van der Waals surface area contributed by atoms with Crippen molar-refractivity contribution < 1.29 is 18.3 Å². The highest BCUT2D eigenvalue weighted by molar-refractivity contribution is 6.05. The maximum Gasteiger partial charge on any atom is 0.320 e. The maximum absolute atomic E-state index is 13.5. The van der Waals surface area contributed by atoms with E-state index in [4.69, 9.17) is 10.5 Å². The minimum Gasteiger partial charge on any atom is -0.484 e. The van der Waals surface area contributed by atoms with E-state index in [0.29, 0.717) is 54.8 Å². The Labute approximate surface area is 298 Å². The van der Waals surface area contributed by atoms with E-state index in [9.17, 15) is 13.6 Å². The molecular weight excluding hydrogens is 650 g/mol. The molecule has 2 aromatic heterocycles. The number of hydrogen-bond donors (Lipinski definition) is 3. The highest BCUT2D eigenvalue weighted by atomic mass is 19.3. The van der Waals surface area contributed by atoms with Gasteiger partial charge in [0.15, 0.2) is 5.65 Å². The number of aromatic nitrogens is 3. The normalized spacial score (nSPS) is 19.3. The topological polar surface area (TPSA) is 122 Å². The smallest absolute Gasteiger partial charge is 0.320 e. The van der Waals surface area contributed by atoms with E-state index in [1.807, 2.05) is 104 Å². The molecule has 0 spiro atoms. The number of amides is 2. The second kappa shape index (κ2) is 15.6. The second-order valence-electron chi connectivity index (χ2n) is 14.7. The van der Waals surface area contributed by atoms with Crippen LogP contribution in [0.25, 0.3) is 5.65 Å². The van der Waals surface area contributed by atoms with Gasteiger partial charge in [-0.15, -0.1) is 10.2 Å². The summed E-state index contributed by atoms with van der Waals surface area (Å²) in [7, 11) is 0. The number of halogens is 2. The number of piperidine rings is 1. The molecule has 1 fully saturated rings. The van der Waals surface area contributed by atoms with Gasteiger partial charge < -0.3 is 15.8 Å². The first-order valence-electron chi connectivity index (χ1n) is 17.7. The Morgan fingerprint density at radius 1 is 1.02 bits per heavy atom. The average Bonchev–Trinajstić information content (AvgIpc) is 3.48. The van der Waals surface area contributed by atoms with Crippen LogP contribution >= 0.6 is 0 Å². The number of nitrogens with two attached hydrogens (primary N) is 1. The lowest BCUT2D eigenvalue weighted by Crippen LogP contribution is -2.42. The summed E-state index contributed by atoms with van der Waals surface area (Å²) in [5, 5.41) is 14.9. The van der Waals surface area contributed by atoms with Crippen LogP contribution in [-0.4, -0.2) is 57.4 Å². The van der Waals surface area contributed by atoms with Gasteiger partial charge in [0, 0.05) is 23.6 Å². The third-order valence-electron chi connectivity index (χ3n) is 9.72. The quantitative estimate of drug-likeness (QED) is 0.124. The van der Waals surface area contributed by atoms with E-state index in [0.717, 1.165) is 47.4 Å². The monoisotopic (exact) mass is 698 g/mol. The van der Waals surface area contributed by atoms with Gasteiger partial charge in [0.2, 0.25) is 0 Å². The van der Waals surface area contributed by atoms with E-state index in [1.54, 1.807) is 6.08 Å². The number of likely N-dealkylation sites (tertiary alicyclic amines) is 1. The Kier molecular flexibility index (Phi) is 11.0. The summed E-state index contributed by atoms with van der Waals surface area (Å²) in [4.78, 5) is 20.0. The van der Waals surface area contributed by atoms with E-state index in [2.05, 4.69) is 25.8 Å². The van der Waals surface area contributed by atoms with Gasteiger partial charge in [0.25, 0.3) is 6.43 Å². The predicted octanol–water partition coefficient (Wildman–Crippen LogP) is 7.43. The Bertz CT molecular complexity index is 1870. The molecule has 270 valence electrons. The molecule has 0 unspecified atom stereocenters. The van der Waals surface area contributed by atoms with Crippen molar-refractivity contribution in [2.24, 2.45) is 22.1 Å². The van der Waals surface area contributed by atoms with Gasteiger partial charge in [-0.25, -0.2) is 18.6 Å². The van der Waals surface area contributed by atoms with E-state index >= 15 is 0 Å². The standard InChI is InChI=1S/C39H48F2N8O2/c1-25-9-11-27(12-10-25)43-35(22-33(42)39(2,3)4)45-38(50)44-31-14-15-32(30-8-6-5-7-29(30)31)51-28-13-16-36-46-47-37(49(36)23-28)21-26-17-19-48(20-18-26)24-34(40)41/h5-13,16,22-23,26,31-32,34H,14-15,17-21,24,42H2,1-4H3,(H2,43,44,45,50)/b33-22-/t31-,32+/m0/s1. The van der Waals surface area contributed by atoms with Crippen LogP contribution in [0.3, 0.4) is 0 Å². The number of carbonyl (C=O) groups excluding carboxylic acids is 1. The van der Waals surface area contributed by atoms with Crippen LogP contribution in [0.2, 0.25) is 0 Å². The lowest BCUT2D eigenvalue weighted by Gasteiger charge is -2.32. The summed E-state index contributed by atoms with van der Waals surface area (Å²) in [6.07, 6.45) is 4.92. The van der Waals surface area contributed by atoms with Gasteiger partial charge in [-0.2, -0.15) is 0 Å². The maximum atomic E-state index is 13.5. The number of allylic oxidation sites excluding steroid dienone is 1. The van der Waals surface area contributed by atoms with Crippen molar-refractivity contribution >= 4 is 23.2 Å². The van der Waals surface area contributed by atoms with E-state index < -0.39 is 6.43 Å². The van der Waals surface area contributed by atoms with Gasteiger partial charge in [-0.3, -0.25) is 14.6 Å². The number of nitrogens with zero attached hydrogens (tertiary/aromatic N) is 5. The van der Waals surface area contributed by atoms with Gasteiger partial charge in [-0.1, -0.05) is 62.7 Å². The van der Waals surface area contributed by atoms with Crippen LogP contribution in [-0.2, 0) is 6.42 Å². The van der Waals surface area contributed by atoms with Crippen LogP contribution < -0.4 is 21.1 Å². The molecule has 3 heterocycles. The number of amidine groups is 1. The lowest BCUT2D eigenvalue weighted by molar-refractivity contribution is 0.0688. The first-order valence-corrected chi connectivity index (χ1v) is 17.7. The van der Waals surface area contributed by atoms with Crippen molar-refractivity contribution in [2.45, 2.75) is 78.4 Å². The molecule has 0 radical (unpaired) electrons. The van der Waals surface area contributed by atoms with Crippen LogP contribution in [0.4, 0.5) is 19.3 Å². The molecule has 2 aromatic carbocycles. The zero-order valence-corrected chi connectivity index (χ0v) is 29.8. The van der Waals surface area contributed by atoms with Gasteiger partial charge in [0.05, 0.1) is 24.5 Å². The highest BCUT2D eigenvalue weighted by Crippen LogP contribution is 2.39. The number of aryl methyl sites for hydroxylation is 1. The Hall–Kier alpha value is -4.84. The molecule has 10 nitrogen and oxygen atoms in total. The number of benzene rings is 2. The first-order chi connectivity index (χ1) is 24.4. The number of rotatable bonds is 9. The van der Waals surface area contributed by atoms with E-state index in [1.165, 1.54) is 0 Å². The molecule has 4 aromatic rings. The highest BCUT2D eigenvalue weighted by Gasteiger charge is 2.30. The van der Waals surface area contributed by atoms with Crippen molar-refractivity contribution in [3.05, 3.63) is 101 Å². The molecule has 2 amide bonds. The second-order valence-corrected chi connectivity index (χ2v) is 14.7. The number of nitrogens with one attached hydrogen (secondary N) is 2. The number of carbonyl (C=O) groups is 1. The van der Waals surface area contributed by atoms with Crippen molar-refractivity contribution in [1.82, 2.24) is 30.1 Å². The molecule has 1 saturated heterocycles. The van der Waals surface area contributed by atoms with Gasteiger partial charge in [-0.05, 0) is 87.0 Å². The number of alkyl halides is 2. The molecule has 1 aliphatic heterocycles. The Morgan fingerprint density at radius 3 is 2.45 bits per heavy atom. The summed E-state index contributed by atoms with van der Waals surface area (Å²) in [5.41, 5.74) is 11.3. The largest absolute Gasteiger partial charge is 0.484 e. The first kappa shape index (κ1) is 36.0. The number of fused-ring (bicyclic) bond motifs is 2. The molecule has 2 atom stereocenters. The fourth-order valence-electron chi connectivity index (χ4n) is 6.67. The molecule has 2 aliphatic rings. The summed E-state index contributed by atoms with van der Waals surface area (Å²) in [6.45, 7) is 9.22. The number of urea groups is 1. The van der Waals surface area contributed by atoms with Crippen LogP contribution in [0.1, 0.15) is 81.1 Å². The third-order valence-corrected chi connectivity index (χ3v) is 9.72. The van der Waals surface area contributed by atoms with Crippen LogP contribution in [0, 0.1) is 18.3 Å². The van der Waals surface area contributed by atoms with Crippen molar-refractivity contribution in [1.29, 1.82) is 0 Å². The van der Waals surface area contributed by atoms with E-state index in [-0.39, 0.29) is 30.1 Å². The van der Waals surface area contributed by atoms with Crippen molar-refractivity contribution in [3.63, 3.8) is 0 Å². The SMILES string of the molecule is Cc1ccc(N=C(/C=C(\N)C(C)(C)C)NC(=O)N[C@H]2CC[C@@H](Oc3ccc4nnc(CC5CCN(CC(F)F)CC5)n4c3)c3ccccc32)cc1. The molecular formula is C39H48F2N8O2. The average molecular weight is 699 g/mol. The summed E-state index contributed by atoms with van der Waals surface area (Å²) >= 11 is 0. The number of hydrogen-bond acceptors (Lipinski definition) is 7. The number of pyridine rings is 1. The van der Waals surface area contributed by atoms with Crippen LogP contribution in [0.15, 0.2) is 83.6 Å².